The van der Waals surface area contributed by atoms with Crippen LogP contribution in [0.1, 0.15) is 45.3 Å². The molecule has 0 aromatic heterocycles. The minimum Gasteiger partial charge on any atom is -0.496 e. The van der Waals surface area contributed by atoms with E-state index >= 15 is 0 Å². The van der Waals surface area contributed by atoms with E-state index in [1.54, 1.807) is 7.11 Å². The Morgan fingerprint density at radius 3 is 2.67 bits per heavy atom. The first-order valence-electron chi connectivity index (χ1n) is 7.77. The highest BCUT2D eigenvalue weighted by Crippen LogP contribution is 2.33. The van der Waals surface area contributed by atoms with Gasteiger partial charge in [0.1, 0.15) is 11.9 Å². The lowest BCUT2D eigenvalue weighted by molar-refractivity contribution is -0.130. The Morgan fingerprint density at radius 2 is 2.05 bits per heavy atom. The van der Waals surface area contributed by atoms with Gasteiger partial charge in [-0.3, -0.25) is 10.1 Å². The van der Waals surface area contributed by atoms with Crippen LogP contribution in [0.15, 0.2) is 24.3 Å². The van der Waals surface area contributed by atoms with Crippen LogP contribution in [0.5, 0.6) is 5.75 Å². The summed E-state index contributed by atoms with van der Waals surface area (Å²) >= 11 is 0. The van der Waals surface area contributed by atoms with Gasteiger partial charge in [-0.2, -0.15) is 0 Å². The second-order valence-electron chi connectivity index (χ2n) is 6.02. The molecule has 4 heteroatoms. The van der Waals surface area contributed by atoms with Crippen LogP contribution in [-0.4, -0.2) is 30.5 Å². The molecular formula is C17H26N2O2. The normalized spacial score (nSPS) is 22.1. The van der Waals surface area contributed by atoms with Crippen LogP contribution >= 0.6 is 0 Å². The van der Waals surface area contributed by atoms with Crippen molar-refractivity contribution in [3.63, 3.8) is 0 Å². The molecule has 4 nitrogen and oxygen atoms in total. The maximum absolute atomic E-state index is 12.6. The number of methoxy groups -OCH3 is 1. The predicted molar refractivity (Wildman–Crippen MR) is 84.1 cm³/mol. The van der Waals surface area contributed by atoms with Crippen molar-refractivity contribution in [1.29, 1.82) is 0 Å². The molecule has 1 aliphatic heterocycles. The van der Waals surface area contributed by atoms with Gasteiger partial charge in [0.25, 0.3) is 0 Å². The Kier molecular flexibility index (Phi) is 5.23. The van der Waals surface area contributed by atoms with E-state index in [4.69, 9.17) is 4.74 Å². The number of nitrogens with one attached hydrogen (secondary N) is 1. The fourth-order valence-electron chi connectivity index (χ4n) is 2.95. The van der Waals surface area contributed by atoms with Crippen molar-refractivity contribution in [2.45, 2.75) is 45.8 Å². The van der Waals surface area contributed by atoms with Crippen molar-refractivity contribution in [3.8, 4) is 5.75 Å². The molecule has 0 radical (unpaired) electrons. The quantitative estimate of drug-likeness (QED) is 0.876. The minimum atomic E-state index is -0.0912. The second-order valence-corrected chi connectivity index (χ2v) is 6.02. The molecule has 0 aliphatic carbocycles. The van der Waals surface area contributed by atoms with Crippen LogP contribution in [0.25, 0.3) is 0 Å². The van der Waals surface area contributed by atoms with Crippen molar-refractivity contribution >= 4 is 5.91 Å². The van der Waals surface area contributed by atoms with E-state index in [1.807, 2.05) is 29.2 Å². The maximum atomic E-state index is 12.6. The predicted octanol–water partition coefficient (Wildman–Crippen LogP) is 2.95. The molecular weight excluding hydrogens is 264 g/mol. The molecule has 1 heterocycles. The summed E-state index contributed by atoms with van der Waals surface area (Å²) in [5.74, 6) is 1.53. The molecule has 1 aliphatic rings. The van der Waals surface area contributed by atoms with Crippen LogP contribution in [-0.2, 0) is 4.79 Å². The smallest absolute Gasteiger partial charge is 0.241 e. The average Bonchev–Trinajstić information content (AvgIpc) is 2.76. The summed E-state index contributed by atoms with van der Waals surface area (Å²) in [6, 6.07) is 7.83. The number of rotatable bonds is 6. The number of ether oxygens (including phenoxy) is 1. The van der Waals surface area contributed by atoms with Gasteiger partial charge in [-0.1, -0.05) is 39.0 Å². The van der Waals surface area contributed by atoms with Crippen molar-refractivity contribution in [1.82, 2.24) is 10.2 Å². The third-order valence-corrected chi connectivity index (χ3v) is 3.86. The molecule has 2 unspecified atom stereocenters. The molecule has 1 saturated heterocycles. The third-order valence-electron chi connectivity index (χ3n) is 3.86. The molecule has 1 aromatic carbocycles. The number of para-hydroxylation sites is 1. The maximum Gasteiger partial charge on any atom is 0.241 e. The lowest BCUT2D eigenvalue weighted by atomic mass is 10.0. The first-order chi connectivity index (χ1) is 10.1. The third kappa shape index (κ3) is 3.38. The van der Waals surface area contributed by atoms with E-state index in [0.29, 0.717) is 5.92 Å². The van der Waals surface area contributed by atoms with Crippen molar-refractivity contribution < 1.29 is 9.53 Å². The van der Waals surface area contributed by atoms with Crippen LogP contribution < -0.4 is 10.1 Å². The van der Waals surface area contributed by atoms with Gasteiger partial charge in [0, 0.05) is 12.1 Å². The van der Waals surface area contributed by atoms with Crippen LogP contribution in [0.3, 0.4) is 0 Å². The zero-order valence-electron chi connectivity index (χ0n) is 13.4. The van der Waals surface area contributed by atoms with Gasteiger partial charge in [0.2, 0.25) is 5.91 Å². The van der Waals surface area contributed by atoms with Gasteiger partial charge >= 0.3 is 0 Å². The van der Waals surface area contributed by atoms with Gasteiger partial charge < -0.3 is 9.64 Å². The standard InChI is InChI=1S/C17H26N2O2/c1-5-10-19-16(13-8-6-7-9-15(13)21-4)18-14(17(19)20)11-12(2)3/h6-9,12,14,16,18H,5,10-11H2,1-4H3. The molecule has 21 heavy (non-hydrogen) atoms. The molecule has 1 amide bonds. The van der Waals surface area contributed by atoms with E-state index in [1.165, 1.54) is 0 Å². The zero-order valence-corrected chi connectivity index (χ0v) is 13.4. The van der Waals surface area contributed by atoms with Gasteiger partial charge in [-0.25, -0.2) is 0 Å². The van der Waals surface area contributed by atoms with Gasteiger partial charge in [-0.15, -0.1) is 0 Å². The summed E-state index contributed by atoms with van der Waals surface area (Å²) in [4.78, 5) is 14.6. The van der Waals surface area contributed by atoms with Crippen molar-refractivity contribution in [3.05, 3.63) is 29.8 Å². The molecule has 1 N–H and O–H groups in total. The molecule has 1 aromatic rings. The molecule has 0 saturated carbocycles. The molecule has 1 fully saturated rings. The summed E-state index contributed by atoms with van der Waals surface area (Å²) < 4.78 is 5.46. The number of carbonyl (C=O) groups is 1. The highest BCUT2D eigenvalue weighted by atomic mass is 16.5. The summed E-state index contributed by atoms with van der Waals surface area (Å²) in [7, 11) is 1.67. The number of hydrogen-bond donors (Lipinski definition) is 1. The average molecular weight is 290 g/mol. The van der Waals surface area contributed by atoms with Crippen molar-refractivity contribution in [2.75, 3.05) is 13.7 Å². The number of hydrogen-bond acceptors (Lipinski definition) is 3. The Labute approximate surface area is 127 Å². The summed E-state index contributed by atoms with van der Waals surface area (Å²) in [6.45, 7) is 7.16. The molecule has 2 rings (SSSR count). The van der Waals surface area contributed by atoms with E-state index in [9.17, 15) is 4.79 Å². The largest absolute Gasteiger partial charge is 0.496 e. The Balaban J connectivity index is 2.29. The summed E-state index contributed by atoms with van der Waals surface area (Å²) in [5.41, 5.74) is 1.04. The number of amides is 1. The molecule has 0 bridgehead atoms. The fourth-order valence-corrected chi connectivity index (χ4v) is 2.95. The van der Waals surface area contributed by atoms with E-state index < -0.39 is 0 Å². The van der Waals surface area contributed by atoms with E-state index in [0.717, 1.165) is 30.7 Å². The van der Waals surface area contributed by atoms with Crippen LogP contribution in [0, 0.1) is 5.92 Å². The molecule has 2 atom stereocenters. The Hall–Kier alpha value is -1.55. The lowest BCUT2D eigenvalue weighted by Crippen LogP contribution is -2.32. The van der Waals surface area contributed by atoms with Crippen LogP contribution in [0.4, 0.5) is 0 Å². The first-order valence-corrected chi connectivity index (χ1v) is 7.77. The highest BCUT2D eigenvalue weighted by molar-refractivity contribution is 5.84. The SMILES string of the molecule is CCCN1C(=O)C(CC(C)C)NC1c1ccccc1OC. The Bertz CT molecular complexity index is 487. The van der Waals surface area contributed by atoms with Gasteiger partial charge in [-0.05, 0) is 24.8 Å². The van der Waals surface area contributed by atoms with Gasteiger partial charge in [0.15, 0.2) is 0 Å². The molecule has 0 spiro atoms. The van der Waals surface area contributed by atoms with Crippen LogP contribution in [0.2, 0.25) is 0 Å². The number of carbonyl (C=O) groups excluding carboxylic acids is 1. The first kappa shape index (κ1) is 15.8. The molecule has 116 valence electrons. The number of nitrogens with zero attached hydrogens (tertiary/aromatic N) is 1. The minimum absolute atomic E-state index is 0.0858. The summed E-state index contributed by atoms with van der Waals surface area (Å²) in [6.07, 6.45) is 1.73. The number of benzene rings is 1. The zero-order chi connectivity index (χ0) is 15.4. The monoisotopic (exact) mass is 290 g/mol. The summed E-state index contributed by atoms with van der Waals surface area (Å²) in [5, 5.41) is 3.49. The second kappa shape index (κ2) is 6.94. The topological polar surface area (TPSA) is 41.6 Å². The lowest BCUT2D eigenvalue weighted by Gasteiger charge is -2.25. The van der Waals surface area contributed by atoms with Gasteiger partial charge in [0.05, 0.1) is 13.2 Å². The Morgan fingerprint density at radius 1 is 1.33 bits per heavy atom. The highest BCUT2D eigenvalue weighted by Gasteiger charge is 2.40. The fraction of sp³-hybridized carbons (Fsp3) is 0.588. The van der Waals surface area contributed by atoms with E-state index in [2.05, 4.69) is 26.1 Å². The van der Waals surface area contributed by atoms with Crippen molar-refractivity contribution in [2.24, 2.45) is 5.92 Å². The van der Waals surface area contributed by atoms with E-state index in [-0.39, 0.29) is 18.1 Å².